The summed E-state index contributed by atoms with van der Waals surface area (Å²) in [6.07, 6.45) is -1.56. The molecule has 0 bridgehead atoms. The van der Waals surface area contributed by atoms with Gasteiger partial charge in [0.25, 0.3) is 5.91 Å². The van der Waals surface area contributed by atoms with Crippen molar-refractivity contribution in [3.05, 3.63) is 53.6 Å². The minimum Gasteiger partial charge on any atom is -0.406 e. The zero-order chi connectivity index (χ0) is 21.2. The van der Waals surface area contributed by atoms with Crippen LogP contribution in [0.2, 0.25) is 0 Å². The van der Waals surface area contributed by atoms with Crippen molar-refractivity contribution in [3.63, 3.8) is 0 Å². The Balaban J connectivity index is 1.75. The molecule has 0 spiro atoms. The highest BCUT2D eigenvalue weighted by molar-refractivity contribution is 5.93. The maximum Gasteiger partial charge on any atom is 0.573 e. The molecule has 1 saturated carbocycles. The van der Waals surface area contributed by atoms with E-state index in [0.29, 0.717) is 18.4 Å². The van der Waals surface area contributed by atoms with E-state index in [1.165, 1.54) is 30.5 Å². The molecule has 3 N–H and O–H groups in total. The molecule has 2 amide bonds. The highest BCUT2D eigenvalue weighted by atomic mass is 19.4. The van der Waals surface area contributed by atoms with Crippen molar-refractivity contribution in [2.45, 2.75) is 44.0 Å². The smallest absolute Gasteiger partial charge is 0.406 e. The van der Waals surface area contributed by atoms with Crippen LogP contribution in [0.25, 0.3) is 0 Å². The van der Waals surface area contributed by atoms with Gasteiger partial charge in [-0.1, -0.05) is 18.6 Å². The van der Waals surface area contributed by atoms with Gasteiger partial charge in [-0.25, -0.2) is 9.97 Å². The maximum absolute atomic E-state index is 12.6. The number of halogens is 3. The predicted octanol–water partition coefficient (Wildman–Crippen LogP) is 2.77. The highest BCUT2D eigenvalue weighted by Gasteiger charge is 2.47. The Morgan fingerprint density at radius 1 is 1.28 bits per heavy atom. The first-order valence-electron chi connectivity index (χ1n) is 8.91. The number of hydrogen-bond acceptors (Lipinski definition) is 5. The number of nitrogens with zero attached hydrogens (tertiary/aromatic N) is 2. The molecule has 7 nitrogen and oxygen atoms in total. The average molecular weight is 408 g/mol. The lowest BCUT2D eigenvalue weighted by molar-refractivity contribution is -0.274. The summed E-state index contributed by atoms with van der Waals surface area (Å²) in [4.78, 5) is 32.7. The fourth-order valence-electron chi connectivity index (χ4n) is 3.16. The SMILES string of the molecule is CC(NC(=O)c1ccnc(C2(C(N)=O)CCC2)n1)c1cccc(OC(F)(F)F)c1. The van der Waals surface area contributed by atoms with Crippen molar-refractivity contribution in [1.29, 1.82) is 0 Å². The lowest BCUT2D eigenvalue weighted by atomic mass is 9.67. The maximum atomic E-state index is 12.6. The molecule has 1 aliphatic carbocycles. The van der Waals surface area contributed by atoms with Crippen molar-refractivity contribution >= 4 is 11.8 Å². The molecule has 29 heavy (non-hydrogen) atoms. The zero-order valence-corrected chi connectivity index (χ0v) is 15.5. The van der Waals surface area contributed by atoms with Crippen LogP contribution in [-0.2, 0) is 10.2 Å². The minimum absolute atomic E-state index is 0.0390. The van der Waals surface area contributed by atoms with Crippen molar-refractivity contribution in [2.75, 3.05) is 0 Å². The molecule has 154 valence electrons. The van der Waals surface area contributed by atoms with E-state index in [9.17, 15) is 22.8 Å². The quantitative estimate of drug-likeness (QED) is 0.764. The normalized spacial score (nSPS) is 16.4. The lowest BCUT2D eigenvalue weighted by Gasteiger charge is -2.37. The fraction of sp³-hybridized carbons (Fsp3) is 0.368. The zero-order valence-electron chi connectivity index (χ0n) is 15.5. The Kier molecular flexibility index (Phi) is 5.45. The Labute approximate surface area is 164 Å². The number of aromatic nitrogens is 2. The van der Waals surface area contributed by atoms with Crippen LogP contribution >= 0.6 is 0 Å². The van der Waals surface area contributed by atoms with Gasteiger partial charge in [-0.05, 0) is 43.5 Å². The third-order valence-electron chi connectivity index (χ3n) is 4.93. The van der Waals surface area contributed by atoms with E-state index in [1.54, 1.807) is 13.0 Å². The summed E-state index contributed by atoms with van der Waals surface area (Å²) < 4.78 is 41.1. The van der Waals surface area contributed by atoms with Crippen molar-refractivity contribution in [2.24, 2.45) is 5.73 Å². The highest BCUT2D eigenvalue weighted by Crippen LogP contribution is 2.41. The molecule has 2 aromatic rings. The second kappa shape index (κ2) is 7.69. The van der Waals surface area contributed by atoms with Gasteiger partial charge >= 0.3 is 6.36 Å². The van der Waals surface area contributed by atoms with Gasteiger partial charge in [0.2, 0.25) is 5.91 Å². The minimum atomic E-state index is -4.81. The van der Waals surface area contributed by atoms with E-state index in [4.69, 9.17) is 5.73 Å². The number of ether oxygens (including phenoxy) is 1. The number of primary amides is 1. The molecule has 1 aromatic heterocycles. The molecule has 10 heteroatoms. The van der Waals surface area contributed by atoms with Crippen molar-refractivity contribution in [3.8, 4) is 5.75 Å². The number of hydrogen-bond donors (Lipinski definition) is 2. The van der Waals surface area contributed by atoms with Crippen LogP contribution in [0.5, 0.6) is 5.75 Å². The largest absolute Gasteiger partial charge is 0.573 e. The fourth-order valence-corrected chi connectivity index (χ4v) is 3.16. The standard InChI is InChI=1S/C19H19F3N4O3/c1-11(12-4-2-5-13(10-12)29-19(20,21)22)25-15(27)14-6-9-24-17(26-14)18(16(23)28)7-3-8-18/h2,4-6,9-11H,3,7-8H2,1H3,(H2,23,28)(H,25,27). The number of nitrogens with two attached hydrogens (primary N) is 1. The first-order chi connectivity index (χ1) is 13.6. The van der Waals surface area contributed by atoms with Crippen LogP contribution in [-0.4, -0.2) is 28.1 Å². The predicted molar refractivity (Wildman–Crippen MR) is 95.8 cm³/mol. The second-order valence-electron chi connectivity index (χ2n) is 6.88. The molecule has 3 rings (SSSR count). The van der Waals surface area contributed by atoms with Gasteiger partial charge in [0.1, 0.15) is 22.7 Å². The Morgan fingerprint density at radius 3 is 2.59 bits per heavy atom. The Bertz CT molecular complexity index is 929. The summed E-state index contributed by atoms with van der Waals surface area (Å²) in [5.74, 6) is -1.26. The van der Waals surface area contributed by atoms with Gasteiger partial charge in [0.05, 0.1) is 6.04 Å². The number of rotatable bonds is 6. The molecule has 1 atom stereocenters. The number of amides is 2. The summed E-state index contributed by atoms with van der Waals surface area (Å²) in [5.41, 5.74) is 5.00. The number of benzene rings is 1. The van der Waals surface area contributed by atoms with Gasteiger partial charge in [0.15, 0.2) is 0 Å². The van der Waals surface area contributed by atoms with Gasteiger partial charge in [0, 0.05) is 6.20 Å². The summed E-state index contributed by atoms with van der Waals surface area (Å²) in [5, 5.41) is 2.66. The molecule has 1 unspecified atom stereocenters. The number of carbonyl (C=O) groups excluding carboxylic acids is 2. The average Bonchev–Trinajstić information content (AvgIpc) is 2.59. The summed E-state index contributed by atoms with van der Waals surface area (Å²) in [6.45, 7) is 1.61. The molecule has 1 aliphatic rings. The van der Waals surface area contributed by atoms with Gasteiger partial charge in [-0.2, -0.15) is 0 Å². The Morgan fingerprint density at radius 2 is 2.00 bits per heavy atom. The molecule has 1 heterocycles. The molecule has 0 radical (unpaired) electrons. The van der Waals surface area contributed by atoms with E-state index in [1.807, 2.05) is 0 Å². The van der Waals surface area contributed by atoms with E-state index < -0.39 is 29.6 Å². The van der Waals surface area contributed by atoms with Crippen LogP contribution in [0.4, 0.5) is 13.2 Å². The van der Waals surface area contributed by atoms with Gasteiger partial charge in [-0.3, -0.25) is 9.59 Å². The second-order valence-corrected chi connectivity index (χ2v) is 6.88. The monoisotopic (exact) mass is 408 g/mol. The summed E-state index contributed by atoms with van der Waals surface area (Å²) >= 11 is 0. The molecular formula is C19H19F3N4O3. The third-order valence-corrected chi connectivity index (χ3v) is 4.93. The van der Waals surface area contributed by atoms with Crippen molar-refractivity contribution in [1.82, 2.24) is 15.3 Å². The molecule has 1 aromatic carbocycles. The van der Waals surface area contributed by atoms with Crippen LogP contribution < -0.4 is 15.8 Å². The topological polar surface area (TPSA) is 107 Å². The van der Waals surface area contributed by atoms with E-state index in [-0.39, 0.29) is 17.3 Å². The van der Waals surface area contributed by atoms with Gasteiger partial charge < -0.3 is 15.8 Å². The van der Waals surface area contributed by atoms with Crippen LogP contribution in [0.1, 0.15) is 54.1 Å². The Hall–Kier alpha value is -3.17. The van der Waals surface area contributed by atoms with Crippen LogP contribution in [0.15, 0.2) is 36.5 Å². The summed E-state index contributed by atoms with van der Waals surface area (Å²) in [7, 11) is 0. The molecule has 0 saturated heterocycles. The first kappa shape index (κ1) is 20.6. The molecule has 1 fully saturated rings. The lowest BCUT2D eigenvalue weighted by Crippen LogP contribution is -2.48. The van der Waals surface area contributed by atoms with E-state index in [0.717, 1.165) is 6.42 Å². The van der Waals surface area contributed by atoms with E-state index in [2.05, 4.69) is 20.0 Å². The third kappa shape index (κ3) is 4.47. The van der Waals surface area contributed by atoms with Crippen LogP contribution in [0.3, 0.4) is 0 Å². The van der Waals surface area contributed by atoms with Crippen LogP contribution in [0, 0.1) is 0 Å². The van der Waals surface area contributed by atoms with E-state index >= 15 is 0 Å². The summed E-state index contributed by atoms with van der Waals surface area (Å²) in [6, 6.07) is 6.10. The number of nitrogens with one attached hydrogen (secondary N) is 1. The number of alkyl halides is 3. The van der Waals surface area contributed by atoms with Gasteiger partial charge in [-0.15, -0.1) is 13.2 Å². The molecular weight excluding hydrogens is 389 g/mol. The first-order valence-corrected chi connectivity index (χ1v) is 8.91. The number of carbonyl (C=O) groups is 2. The van der Waals surface area contributed by atoms with Crippen molar-refractivity contribution < 1.29 is 27.5 Å². The molecule has 0 aliphatic heterocycles.